The summed E-state index contributed by atoms with van der Waals surface area (Å²) in [5, 5.41) is 6.26. The van der Waals surface area contributed by atoms with Gasteiger partial charge in [-0.2, -0.15) is 0 Å². The molecule has 0 aliphatic carbocycles. The van der Waals surface area contributed by atoms with Crippen LogP contribution in [0.1, 0.15) is 22.8 Å². The molecule has 0 bridgehead atoms. The highest BCUT2D eigenvalue weighted by molar-refractivity contribution is 7.99. The summed E-state index contributed by atoms with van der Waals surface area (Å²) in [5.41, 5.74) is 3.41. The van der Waals surface area contributed by atoms with Gasteiger partial charge in [0.25, 0.3) is 5.91 Å². The summed E-state index contributed by atoms with van der Waals surface area (Å²) in [6.07, 6.45) is 0. The van der Waals surface area contributed by atoms with Crippen LogP contribution in [0.15, 0.2) is 47.6 Å². The summed E-state index contributed by atoms with van der Waals surface area (Å²) in [6, 6.07) is 13.0. The molecular weight excluding hydrogens is 388 g/mol. The Labute approximate surface area is 173 Å². The van der Waals surface area contributed by atoms with Crippen molar-refractivity contribution < 1.29 is 14.3 Å². The third kappa shape index (κ3) is 5.99. The van der Waals surface area contributed by atoms with Crippen LogP contribution in [0.5, 0.6) is 5.75 Å². The number of carbonyl (C=O) groups is 2. The van der Waals surface area contributed by atoms with Crippen LogP contribution < -0.4 is 15.4 Å². The summed E-state index contributed by atoms with van der Waals surface area (Å²) in [5.74, 6) is 0.757. The van der Waals surface area contributed by atoms with E-state index in [1.807, 2.05) is 44.2 Å². The van der Waals surface area contributed by atoms with E-state index < -0.39 is 0 Å². The van der Waals surface area contributed by atoms with Crippen molar-refractivity contribution in [2.45, 2.75) is 19.0 Å². The molecule has 152 valence electrons. The smallest absolute Gasteiger partial charge is 0.251 e. The van der Waals surface area contributed by atoms with E-state index in [1.54, 1.807) is 12.1 Å². The highest BCUT2D eigenvalue weighted by Crippen LogP contribution is 2.23. The largest absolute Gasteiger partial charge is 0.494 e. The Balaban J connectivity index is 1.39. The number of rotatable bonds is 9. The number of nitrogens with one attached hydrogen (secondary N) is 3. The standard InChI is InChI=1S/C21H24N4O3S/c1-3-28-16-8-9-17-18(12-16)25-21(24-17)29-13-19(26)22-10-11-23-20(27)15-6-4-14(2)5-7-15/h4-9,12H,3,10-11,13H2,1-2H3,(H,22,26)(H,23,27)(H,24,25). The van der Waals surface area contributed by atoms with Crippen molar-refractivity contribution in [1.29, 1.82) is 0 Å². The number of amides is 2. The molecule has 7 nitrogen and oxygen atoms in total. The summed E-state index contributed by atoms with van der Waals surface area (Å²) in [6.45, 7) is 5.25. The molecule has 1 heterocycles. The number of hydrogen-bond acceptors (Lipinski definition) is 5. The maximum Gasteiger partial charge on any atom is 0.251 e. The fourth-order valence-corrected chi connectivity index (χ4v) is 3.37. The second kappa shape index (κ2) is 9.97. The number of carbonyl (C=O) groups excluding carboxylic acids is 2. The number of benzene rings is 2. The van der Waals surface area contributed by atoms with Crippen LogP contribution in [-0.2, 0) is 4.79 Å². The Morgan fingerprint density at radius 3 is 2.62 bits per heavy atom. The monoisotopic (exact) mass is 412 g/mol. The molecule has 1 aromatic heterocycles. The molecule has 3 aromatic rings. The minimum absolute atomic E-state index is 0.116. The zero-order valence-corrected chi connectivity index (χ0v) is 17.3. The predicted octanol–water partition coefficient (Wildman–Crippen LogP) is 2.91. The molecule has 0 radical (unpaired) electrons. The Kier molecular flexibility index (Phi) is 7.13. The normalized spacial score (nSPS) is 10.7. The third-order valence-electron chi connectivity index (χ3n) is 4.13. The summed E-state index contributed by atoms with van der Waals surface area (Å²) in [7, 11) is 0. The molecule has 8 heteroatoms. The number of fused-ring (bicyclic) bond motifs is 1. The fraction of sp³-hybridized carbons (Fsp3) is 0.286. The molecule has 2 aromatic carbocycles. The van der Waals surface area contributed by atoms with E-state index in [2.05, 4.69) is 20.6 Å². The summed E-state index contributed by atoms with van der Waals surface area (Å²) < 4.78 is 5.48. The first kappa shape index (κ1) is 20.7. The van der Waals surface area contributed by atoms with Gasteiger partial charge in [-0.05, 0) is 38.1 Å². The number of ether oxygens (including phenoxy) is 1. The van der Waals surface area contributed by atoms with Crippen molar-refractivity contribution in [3.05, 3.63) is 53.6 Å². The van der Waals surface area contributed by atoms with Crippen molar-refractivity contribution in [2.24, 2.45) is 0 Å². The fourth-order valence-electron chi connectivity index (χ4n) is 2.66. The number of thioether (sulfide) groups is 1. The van der Waals surface area contributed by atoms with Gasteiger partial charge in [0.1, 0.15) is 5.75 Å². The molecule has 0 saturated carbocycles. The summed E-state index contributed by atoms with van der Waals surface area (Å²) >= 11 is 1.33. The molecule has 3 rings (SSSR count). The van der Waals surface area contributed by atoms with Crippen LogP contribution in [0.2, 0.25) is 0 Å². The van der Waals surface area contributed by atoms with Crippen LogP contribution in [-0.4, -0.2) is 47.2 Å². The lowest BCUT2D eigenvalue weighted by Gasteiger charge is -2.07. The van der Waals surface area contributed by atoms with Gasteiger partial charge >= 0.3 is 0 Å². The van der Waals surface area contributed by atoms with Crippen LogP contribution in [0.25, 0.3) is 11.0 Å². The van der Waals surface area contributed by atoms with E-state index in [1.165, 1.54) is 11.8 Å². The number of imidazole rings is 1. The Morgan fingerprint density at radius 2 is 1.86 bits per heavy atom. The van der Waals surface area contributed by atoms with Crippen LogP contribution >= 0.6 is 11.8 Å². The SMILES string of the molecule is CCOc1ccc2nc(SCC(=O)NCCNC(=O)c3ccc(C)cc3)[nH]c2c1. The zero-order chi connectivity index (χ0) is 20.6. The van der Waals surface area contributed by atoms with E-state index in [9.17, 15) is 9.59 Å². The quantitative estimate of drug-likeness (QED) is 0.371. The van der Waals surface area contributed by atoms with Gasteiger partial charge < -0.3 is 20.4 Å². The van der Waals surface area contributed by atoms with Gasteiger partial charge in [0.15, 0.2) is 5.16 Å². The second-order valence-corrected chi connectivity index (χ2v) is 7.38. The highest BCUT2D eigenvalue weighted by atomic mass is 32.2. The second-order valence-electron chi connectivity index (χ2n) is 6.41. The predicted molar refractivity (Wildman–Crippen MR) is 115 cm³/mol. The van der Waals surface area contributed by atoms with Crippen molar-refractivity contribution in [1.82, 2.24) is 20.6 Å². The maximum atomic E-state index is 12.0. The zero-order valence-electron chi connectivity index (χ0n) is 16.5. The number of nitrogens with zero attached hydrogens (tertiary/aromatic N) is 1. The lowest BCUT2D eigenvalue weighted by molar-refractivity contribution is -0.118. The first-order valence-corrected chi connectivity index (χ1v) is 10.4. The number of aryl methyl sites for hydroxylation is 1. The first-order chi connectivity index (χ1) is 14.0. The summed E-state index contributed by atoms with van der Waals surface area (Å²) in [4.78, 5) is 31.7. The first-order valence-electron chi connectivity index (χ1n) is 9.42. The highest BCUT2D eigenvalue weighted by Gasteiger charge is 2.09. The average Bonchev–Trinajstić information content (AvgIpc) is 3.12. The lowest BCUT2D eigenvalue weighted by atomic mass is 10.1. The molecule has 0 spiro atoms. The van der Waals surface area contributed by atoms with E-state index >= 15 is 0 Å². The van der Waals surface area contributed by atoms with Crippen molar-refractivity contribution in [3.63, 3.8) is 0 Å². The van der Waals surface area contributed by atoms with E-state index in [-0.39, 0.29) is 17.6 Å². The van der Waals surface area contributed by atoms with Crippen molar-refractivity contribution in [3.8, 4) is 5.75 Å². The molecule has 0 fully saturated rings. The van der Waals surface area contributed by atoms with Crippen LogP contribution in [0.4, 0.5) is 0 Å². The number of aromatic nitrogens is 2. The van der Waals surface area contributed by atoms with Gasteiger partial charge in [-0.15, -0.1) is 0 Å². The molecule has 0 saturated heterocycles. The van der Waals surface area contributed by atoms with Crippen molar-refractivity contribution in [2.75, 3.05) is 25.4 Å². The number of hydrogen-bond donors (Lipinski definition) is 3. The van der Waals surface area contributed by atoms with Gasteiger partial charge in [-0.1, -0.05) is 29.5 Å². The van der Waals surface area contributed by atoms with Gasteiger partial charge in [0.2, 0.25) is 5.91 Å². The third-order valence-corrected chi connectivity index (χ3v) is 5.00. The molecule has 2 amide bonds. The molecule has 29 heavy (non-hydrogen) atoms. The maximum absolute atomic E-state index is 12.0. The minimum atomic E-state index is -0.151. The number of aromatic amines is 1. The van der Waals surface area contributed by atoms with E-state index in [4.69, 9.17) is 4.74 Å². The molecule has 0 atom stereocenters. The van der Waals surface area contributed by atoms with Gasteiger partial charge in [0.05, 0.1) is 23.4 Å². The topological polar surface area (TPSA) is 96.1 Å². The Morgan fingerprint density at radius 1 is 1.10 bits per heavy atom. The molecule has 0 unspecified atom stereocenters. The van der Waals surface area contributed by atoms with Gasteiger partial charge in [0, 0.05) is 24.7 Å². The average molecular weight is 413 g/mol. The molecular formula is C21H24N4O3S. The Hall–Kier alpha value is -3.00. The van der Waals surface area contributed by atoms with Crippen molar-refractivity contribution >= 4 is 34.6 Å². The Bertz CT molecular complexity index is 985. The molecule has 0 aliphatic heterocycles. The van der Waals surface area contributed by atoms with E-state index in [0.717, 1.165) is 22.3 Å². The van der Waals surface area contributed by atoms with Gasteiger partial charge in [-0.3, -0.25) is 9.59 Å². The van der Waals surface area contributed by atoms with Crippen LogP contribution in [0, 0.1) is 6.92 Å². The lowest BCUT2D eigenvalue weighted by Crippen LogP contribution is -2.35. The van der Waals surface area contributed by atoms with Crippen LogP contribution in [0.3, 0.4) is 0 Å². The molecule has 3 N–H and O–H groups in total. The van der Waals surface area contributed by atoms with Gasteiger partial charge in [-0.25, -0.2) is 4.98 Å². The number of H-pyrrole nitrogens is 1. The van der Waals surface area contributed by atoms with E-state index in [0.29, 0.717) is 30.4 Å². The minimum Gasteiger partial charge on any atom is -0.494 e. The molecule has 0 aliphatic rings.